The predicted octanol–water partition coefficient (Wildman–Crippen LogP) is 2.70. The van der Waals surface area contributed by atoms with Gasteiger partial charge in [-0.3, -0.25) is 0 Å². The second-order valence-corrected chi connectivity index (χ2v) is 8.28. The minimum atomic E-state index is 0.279. The van der Waals surface area contributed by atoms with Crippen molar-refractivity contribution in [3.63, 3.8) is 0 Å². The Morgan fingerprint density at radius 3 is 2.73 bits per heavy atom. The van der Waals surface area contributed by atoms with Gasteiger partial charge in [0.05, 0.1) is 43.3 Å². The highest BCUT2D eigenvalue weighted by molar-refractivity contribution is 5.82. The third kappa shape index (κ3) is 4.41. The number of anilines is 1. The molecule has 0 saturated heterocycles. The molecule has 1 aliphatic rings. The molecule has 0 amide bonds. The number of hydrogen-bond donors (Lipinski definition) is 1. The van der Waals surface area contributed by atoms with Crippen molar-refractivity contribution in [1.82, 2.24) is 29.1 Å². The molecule has 0 atom stereocenters. The molecule has 10 nitrogen and oxygen atoms in total. The first-order chi connectivity index (χ1) is 16.2. The van der Waals surface area contributed by atoms with Crippen LogP contribution in [0.15, 0.2) is 30.6 Å². The Hall–Kier alpha value is -3.08. The van der Waals surface area contributed by atoms with E-state index >= 15 is 0 Å². The van der Waals surface area contributed by atoms with E-state index in [-0.39, 0.29) is 6.10 Å². The number of aromatic nitrogens is 6. The molecule has 0 radical (unpaired) electrons. The van der Waals surface area contributed by atoms with Gasteiger partial charge in [0.1, 0.15) is 11.3 Å². The van der Waals surface area contributed by atoms with E-state index in [2.05, 4.69) is 25.0 Å². The maximum atomic E-state index is 5.74. The summed E-state index contributed by atoms with van der Waals surface area (Å²) in [6.07, 6.45) is 5.95. The molecule has 10 heteroatoms. The molecular weight excluding hydrogens is 422 g/mol. The van der Waals surface area contributed by atoms with Crippen molar-refractivity contribution < 1.29 is 14.2 Å². The number of aryl methyl sites for hydroxylation is 1. The molecule has 4 aromatic heterocycles. The average molecular weight is 452 g/mol. The van der Waals surface area contributed by atoms with E-state index in [1.165, 1.54) is 0 Å². The molecule has 4 heterocycles. The Morgan fingerprint density at radius 2 is 1.91 bits per heavy atom. The summed E-state index contributed by atoms with van der Waals surface area (Å²) in [5.41, 5.74) is 4.48. The molecule has 0 spiro atoms. The fourth-order valence-corrected chi connectivity index (χ4v) is 4.20. The fourth-order valence-electron chi connectivity index (χ4n) is 4.20. The molecule has 174 valence electrons. The van der Waals surface area contributed by atoms with Gasteiger partial charge in [-0.15, -0.1) is 5.10 Å². The second-order valence-electron chi connectivity index (χ2n) is 8.28. The maximum Gasteiger partial charge on any atom is 0.241 e. The van der Waals surface area contributed by atoms with Gasteiger partial charge in [-0.2, -0.15) is 0 Å². The summed E-state index contributed by atoms with van der Waals surface area (Å²) in [5, 5.41) is 8.04. The summed E-state index contributed by atoms with van der Waals surface area (Å²) in [5.74, 6) is 1.54. The first kappa shape index (κ1) is 21.7. The molecule has 33 heavy (non-hydrogen) atoms. The van der Waals surface area contributed by atoms with Gasteiger partial charge in [0.15, 0.2) is 5.65 Å². The standard InChI is InChI=1S/C23H29N7O3/c1-15-25-20-5-4-19(27-22(20)29(15)8-9-31-2)18-6-7-30-21(18)14-24-23(28-30)26-16-12-17(13-16)33-11-10-32-3/h4-7,14,16-17H,8-13H2,1-3H3,(H,26,28)/t16-,17-. The second kappa shape index (κ2) is 9.42. The van der Waals surface area contributed by atoms with Gasteiger partial charge in [-0.1, -0.05) is 0 Å². The highest BCUT2D eigenvalue weighted by Gasteiger charge is 2.30. The van der Waals surface area contributed by atoms with E-state index in [4.69, 9.17) is 19.2 Å². The van der Waals surface area contributed by atoms with E-state index < -0.39 is 0 Å². The normalized spacial score (nSPS) is 18.2. The Kier molecular flexibility index (Phi) is 6.21. The Morgan fingerprint density at radius 1 is 1.06 bits per heavy atom. The van der Waals surface area contributed by atoms with Crippen LogP contribution in [-0.2, 0) is 20.8 Å². The first-order valence-corrected chi connectivity index (χ1v) is 11.2. The Balaban J connectivity index is 1.32. The van der Waals surface area contributed by atoms with Crippen LogP contribution in [0.25, 0.3) is 27.9 Å². The van der Waals surface area contributed by atoms with Gasteiger partial charge in [0.2, 0.25) is 5.95 Å². The Labute approximate surface area is 191 Å². The summed E-state index contributed by atoms with van der Waals surface area (Å²) < 4.78 is 19.9. The van der Waals surface area contributed by atoms with Crippen LogP contribution in [0.3, 0.4) is 0 Å². The summed E-state index contributed by atoms with van der Waals surface area (Å²) in [6, 6.07) is 6.35. The number of fused-ring (bicyclic) bond motifs is 2. The largest absolute Gasteiger partial charge is 0.383 e. The SMILES string of the molecule is COCCO[C@H]1C[C@H](Nc2ncc3c(-c4ccc5nc(C)n(CCOC)c5n4)ccn3n2)C1. The molecule has 4 aromatic rings. The van der Waals surface area contributed by atoms with Crippen molar-refractivity contribution in [2.75, 3.05) is 39.4 Å². The summed E-state index contributed by atoms with van der Waals surface area (Å²) in [4.78, 5) is 14.1. The molecule has 1 N–H and O–H groups in total. The lowest BCUT2D eigenvalue weighted by atomic mass is 9.89. The van der Waals surface area contributed by atoms with Crippen molar-refractivity contribution >= 4 is 22.6 Å². The van der Waals surface area contributed by atoms with E-state index in [9.17, 15) is 0 Å². The summed E-state index contributed by atoms with van der Waals surface area (Å²) in [7, 11) is 3.38. The predicted molar refractivity (Wildman–Crippen MR) is 124 cm³/mol. The number of methoxy groups -OCH3 is 2. The van der Waals surface area contributed by atoms with Crippen molar-refractivity contribution in [3.8, 4) is 11.3 Å². The van der Waals surface area contributed by atoms with Crippen LogP contribution in [0.5, 0.6) is 0 Å². The van der Waals surface area contributed by atoms with Crippen molar-refractivity contribution in [2.24, 2.45) is 0 Å². The van der Waals surface area contributed by atoms with E-state index in [1.807, 2.05) is 42.0 Å². The van der Waals surface area contributed by atoms with E-state index in [0.717, 1.165) is 46.6 Å². The van der Waals surface area contributed by atoms with Crippen molar-refractivity contribution in [2.45, 2.75) is 38.5 Å². The van der Waals surface area contributed by atoms with Crippen LogP contribution in [-0.4, -0.2) is 75.3 Å². The Bertz CT molecular complexity index is 1250. The van der Waals surface area contributed by atoms with Gasteiger partial charge in [-0.25, -0.2) is 19.5 Å². The molecule has 1 aliphatic carbocycles. The van der Waals surface area contributed by atoms with Gasteiger partial charge in [0.25, 0.3) is 0 Å². The first-order valence-electron chi connectivity index (χ1n) is 11.2. The fraction of sp³-hybridized carbons (Fsp3) is 0.478. The summed E-state index contributed by atoms with van der Waals surface area (Å²) >= 11 is 0. The maximum absolute atomic E-state index is 5.74. The molecule has 1 fully saturated rings. The van der Waals surface area contributed by atoms with Crippen LogP contribution in [0.2, 0.25) is 0 Å². The number of hydrogen-bond acceptors (Lipinski definition) is 8. The third-order valence-corrected chi connectivity index (χ3v) is 6.06. The van der Waals surface area contributed by atoms with E-state index in [1.54, 1.807) is 14.2 Å². The van der Waals surface area contributed by atoms with Gasteiger partial charge in [0, 0.05) is 38.6 Å². The lowest BCUT2D eigenvalue weighted by Crippen LogP contribution is -2.41. The molecule has 0 aromatic carbocycles. The topological polar surface area (TPSA) is 101 Å². The highest BCUT2D eigenvalue weighted by Crippen LogP contribution is 2.28. The number of ether oxygens (including phenoxy) is 3. The van der Waals surface area contributed by atoms with Crippen LogP contribution < -0.4 is 5.32 Å². The summed E-state index contributed by atoms with van der Waals surface area (Å²) in [6.45, 7) is 4.57. The lowest BCUT2D eigenvalue weighted by molar-refractivity contribution is -0.0261. The molecular formula is C23H29N7O3. The van der Waals surface area contributed by atoms with Crippen molar-refractivity contribution in [1.29, 1.82) is 0 Å². The minimum Gasteiger partial charge on any atom is -0.383 e. The number of imidazole rings is 1. The van der Waals surface area contributed by atoms with Gasteiger partial charge in [-0.05, 0) is 38.0 Å². The highest BCUT2D eigenvalue weighted by atomic mass is 16.5. The number of rotatable bonds is 10. The van der Waals surface area contributed by atoms with Crippen LogP contribution in [0.4, 0.5) is 5.95 Å². The monoisotopic (exact) mass is 451 g/mol. The van der Waals surface area contributed by atoms with Crippen LogP contribution in [0.1, 0.15) is 18.7 Å². The zero-order valence-electron chi connectivity index (χ0n) is 19.2. The van der Waals surface area contributed by atoms with E-state index in [0.29, 0.717) is 38.4 Å². The molecule has 0 unspecified atom stereocenters. The van der Waals surface area contributed by atoms with Crippen molar-refractivity contribution in [3.05, 3.63) is 36.4 Å². The van der Waals surface area contributed by atoms with Crippen LogP contribution >= 0.6 is 0 Å². The number of pyridine rings is 1. The zero-order chi connectivity index (χ0) is 22.8. The van der Waals surface area contributed by atoms with Gasteiger partial charge < -0.3 is 24.1 Å². The number of nitrogens with one attached hydrogen (secondary N) is 1. The molecule has 5 rings (SSSR count). The smallest absolute Gasteiger partial charge is 0.241 e. The molecule has 0 bridgehead atoms. The minimum absolute atomic E-state index is 0.279. The quantitative estimate of drug-likeness (QED) is 0.367. The zero-order valence-corrected chi connectivity index (χ0v) is 19.2. The molecule has 0 aliphatic heterocycles. The third-order valence-electron chi connectivity index (χ3n) is 6.06. The average Bonchev–Trinajstić information content (AvgIpc) is 3.35. The molecule has 1 saturated carbocycles. The van der Waals surface area contributed by atoms with Gasteiger partial charge >= 0.3 is 0 Å². The lowest BCUT2D eigenvalue weighted by Gasteiger charge is -2.35. The number of nitrogens with zero attached hydrogens (tertiary/aromatic N) is 6. The van der Waals surface area contributed by atoms with Crippen LogP contribution in [0, 0.1) is 6.92 Å².